The van der Waals surface area contributed by atoms with Crippen molar-refractivity contribution < 1.29 is 0 Å². The van der Waals surface area contributed by atoms with Gasteiger partial charge in [0, 0.05) is 119 Å². The van der Waals surface area contributed by atoms with Crippen LogP contribution >= 0.6 is 45.3 Å². The van der Waals surface area contributed by atoms with Crippen LogP contribution in [0.1, 0.15) is 22.3 Å². The highest BCUT2D eigenvalue weighted by Crippen LogP contribution is 2.54. The summed E-state index contributed by atoms with van der Waals surface area (Å²) in [7, 11) is 0. The van der Waals surface area contributed by atoms with Gasteiger partial charge in [-0.05, 0) is 313 Å². The average Bonchev–Trinajstić information content (AvgIpc) is 1.48. The number of hydrogen-bond donors (Lipinski definition) is 0. The summed E-state index contributed by atoms with van der Waals surface area (Å²) in [6.07, 6.45) is 0. The van der Waals surface area contributed by atoms with Crippen molar-refractivity contribution in [2.75, 3.05) is 0 Å². The van der Waals surface area contributed by atoms with Crippen LogP contribution < -0.4 is 0 Å². The van der Waals surface area contributed by atoms with Gasteiger partial charge in [0.05, 0.1) is 27.8 Å². The topological polar surface area (TPSA) is 9.86 Å². The minimum Gasteiger partial charge on any atom is -0.309 e. The lowest BCUT2D eigenvalue weighted by molar-refractivity contribution is 1.19. The summed E-state index contributed by atoms with van der Waals surface area (Å²) in [5.41, 5.74) is 34.5. The maximum atomic E-state index is 2.60. The highest BCUT2D eigenvalue weighted by Gasteiger charge is 2.28. The molecule has 692 valence electrons. The predicted octanol–water partition coefficient (Wildman–Crippen LogP) is 42.2. The van der Waals surface area contributed by atoms with Crippen molar-refractivity contribution in [1.29, 1.82) is 0 Å². The number of fused-ring (bicyclic) bond motifs is 24. The standard InChI is InChI=1S/C82H49NS2.C60H41NS2/c1-3-15-56-45-58(37-31-50(56)13-1)52-27-33-54(34-28-52)79-67-19-5-6-20-68(67)80(55-35-29-53(30-36-55)59-38-32-51-14-2-4-16-57(51)46-59)74-49-62(41-42-69(74)79)83-75-43-39-60(63-21-11-23-70-65-17-7-9-25-77(65)84-81(63)70)47-72(75)73-48-61(40-44-76(73)83)64-22-12-24-71-66-18-8-10-26-78(66)85-82(64)71;1-34-28-49-51(30-36(34)3)58(52-31-37(4)35(2)29-50(52)57(49)38-14-6-5-7-15-38)61-53-26-24-39(41-18-12-20-45-43-16-8-10-22-55(43)62-59(41)45)32-47(53)48-33-40(25-27-54(48)61)42-19-13-21-46-44-17-9-11-23-56(44)63-60(42)46/h1-49H;5-33H,1-4H3. The molecule has 0 bridgehead atoms. The Morgan fingerprint density at radius 2 is 0.419 bits per heavy atom. The van der Waals surface area contributed by atoms with Crippen molar-refractivity contribution in [1.82, 2.24) is 9.13 Å². The van der Waals surface area contributed by atoms with Gasteiger partial charge in [0.1, 0.15) is 0 Å². The van der Waals surface area contributed by atoms with Crippen molar-refractivity contribution in [2.24, 2.45) is 0 Å². The normalized spacial score (nSPS) is 12.1. The number of hydrogen-bond acceptors (Lipinski definition) is 4. The van der Waals surface area contributed by atoms with Gasteiger partial charge in [-0.25, -0.2) is 0 Å². The molecule has 6 heteroatoms. The van der Waals surface area contributed by atoms with Crippen molar-refractivity contribution in [3.8, 4) is 112 Å². The predicted molar refractivity (Wildman–Crippen MR) is 646 cm³/mol. The van der Waals surface area contributed by atoms with Gasteiger partial charge in [0.15, 0.2) is 0 Å². The van der Waals surface area contributed by atoms with Crippen LogP contribution in [0.2, 0.25) is 0 Å². The van der Waals surface area contributed by atoms with Crippen LogP contribution in [0.3, 0.4) is 0 Å². The Morgan fingerprint density at radius 3 is 0.797 bits per heavy atom. The summed E-state index contributed by atoms with van der Waals surface area (Å²) >= 11 is 7.59. The van der Waals surface area contributed by atoms with E-state index in [-0.39, 0.29) is 0 Å². The fourth-order valence-corrected chi connectivity index (χ4v) is 29.3. The molecule has 6 heterocycles. The van der Waals surface area contributed by atoms with Crippen molar-refractivity contribution in [3.63, 3.8) is 0 Å². The molecule has 0 aliphatic rings. The Bertz CT molecular complexity index is 10700. The van der Waals surface area contributed by atoms with E-state index in [2.05, 4.69) is 510 Å². The first-order chi connectivity index (χ1) is 73.0. The van der Waals surface area contributed by atoms with Gasteiger partial charge in [-0.15, -0.1) is 45.3 Å². The molecule has 6 aromatic heterocycles. The maximum absolute atomic E-state index is 2.60. The monoisotopic (exact) mass is 1950 g/mol. The van der Waals surface area contributed by atoms with E-state index in [1.807, 2.05) is 45.3 Å². The molecule has 0 fully saturated rings. The Kier molecular flexibility index (Phi) is 19.8. The van der Waals surface area contributed by atoms with Crippen LogP contribution in [-0.4, -0.2) is 9.13 Å². The summed E-state index contributed by atoms with van der Waals surface area (Å²) < 4.78 is 15.7. The van der Waals surface area contributed by atoms with Gasteiger partial charge in [-0.3, -0.25) is 0 Å². The third kappa shape index (κ3) is 13.7. The van der Waals surface area contributed by atoms with E-state index in [0.29, 0.717) is 0 Å². The second-order valence-electron chi connectivity index (χ2n) is 40.1. The smallest absolute Gasteiger partial charge is 0.0619 e. The second kappa shape index (κ2) is 34.1. The minimum absolute atomic E-state index is 1.12. The maximum Gasteiger partial charge on any atom is 0.0619 e. The summed E-state index contributed by atoms with van der Waals surface area (Å²) in [4.78, 5) is 0. The molecular weight excluding hydrogens is 1860 g/mol. The molecule has 0 aliphatic carbocycles. The molecule has 31 rings (SSSR count). The van der Waals surface area contributed by atoms with E-state index < -0.39 is 0 Å². The molecule has 0 radical (unpaired) electrons. The summed E-state index contributed by atoms with van der Waals surface area (Å²) in [6.45, 7) is 9.04. The molecule has 0 atom stereocenters. The molecule has 0 aliphatic heterocycles. The van der Waals surface area contributed by atoms with E-state index in [1.54, 1.807) is 0 Å². The molecule has 0 saturated heterocycles. The molecular formula is C142H90N2S4. The van der Waals surface area contributed by atoms with Gasteiger partial charge in [0.2, 0.25) is 0 Å². The first kappa shape index (κ1) is 86.1. The summed E-state index contributed by atoms with van der Waals surface area (Å²) in [5.74, 6) is 0. The zero-order chi connectivity index (χ0) is 97.8. The number of aromatic nitrogens is 2. The Morgan fingerprint density at radius 1 is 0.149 bits per heavy atom. The van der Waals surface area contributed by atoms with Gasteiger partial charge in [-0.2, -0.15) is 0 Å². The van der Waals surface area contributed by atoms with Crippen LogP contribution in [0, 0.1) is 27.7 Å². The molecule has 31 aromatic rings. The van der Waals surface area contributed by atoms with Crippen molar-refractivity contribution in [2.45, 2.75) is 27.7 Å². The fourth-order valence-electron chi connectivity index (χ4n) is 24.3. The lowest BCUT2D eigenvalue weighted by atomic mass is 9.85. The Balaban J connectivity index is 0.000000143. The summed E-state index contributed by atoms with van der Waals surface area (Å²) in [6, 6.07) is 178. The molecule has 25 aromatic carbocycles. The SMILES string of the molecule is Cc1cc2c(-c3ccccc3)c3cc(C)c(C)cc3c(-n3c4ccc(-c5cccc6c5sc5ccccc56)cc4c4cc(-c5cccc6c5sc5ccccc56)ccc43)c2cc1C.c1ccc2cc(-c3ccc(-c4c5ccccc5c(-c5ccc(-c6ccc7ccccc7c6)cc5)c5cc(-n6c7ccc(-c8cccc9c8sc8ccccc89)cc7c7cc(-c8cccc9c8sc8ccccc89)ccc76)ccc45)cc3)ccc2c1. The first-order valence-corrected chi connectivity index (χ1v) is 54.3. The third-order valence-corrected chi connectivity index (χ3v) is 36.7. The third-order valence-electron chi connectivity index (χ3n) is 31.8. The van der Waals surface area contributed by atoms with Crippen LogP contribution in [0.5, 0.6) is 0 Å². The zero-order valence-electron chi connectivity index (χ0n) is 81.6. The quantitative estimate of drug-likeness (QED) is 0.114. The number of benzene rings is 25. The van der Waals surface area contributed by atoms with E-state index in [9.17, 15) is 0 Å². The fraction of sp³-hybridized carbons (Fsp3) is 0.0282. The number of rotatable bonds is 11. The highest BCUT2D eigenvalue weighted by atomic mass is 32.1. The van der Waals surface area contributed by atoms with Gasteiger partial charge in [-0.1, -0.05) is 364 Å². The van der Waals surface area contributed by atoms with Gasteiger partial charge in [0.25, 0.3) is 0 Å². The van der Waals surface area contributed by atoms with E-state index in [0.717, 1.165) is 5.69 Å². The first-order valence-electron chi connectivity index (χ1n) is 51.0. The largest absolute Gasteiger partial charge is 0.309 e. The molecule has 0 spiro atoms. The average molecular weight is 1950 g/mol. The molecule has 2 nitrogen and oxygen atoms in total. The Hall–Kier alpha value is -17.5. The van der Waals surface area contributed by atoms with Crippen LogP contribution in [0.15, 0.2) is 473 Å². The molecule has 0 saturated carbocycles. The molecule has 148 heavy (non-hydrogen) atoms. The minimum atomic E-state index is 1.12. The number of thiophene rings is 4. The molecule has 0 amide bonds. The molecule has 0 N–H and O–H groups in total. The van der Waals surface area contributed by atoms with Crippen LogP contribution in [0.25, 0.3) is 300 Å². The highest BCUT2D eigenvalue weighted by molar-refractivity contribution is 7.27. The van der Waals surface area contributed by atoms with Gasteiger partial charge < -0.3 is 9.13 Å². The second-order valence-corrected chi connectivity index (χ2v) is 44.3. The van der Waals surface area contributed by atoms with E-state index in [4.69, 9.17) is 0 Å². The lowest BCUT2D eigenvalue weighted by Gasteiger charge is -2.22. The van der Waals surface area contributed by atoms with Crippen LogP contribution in [0.4, 0.5) is 0 Å². The van der Waals surface area contributed by atoms with Crippen LogP contribution in [-0.2, 0) is 0 Å². The molecule has 0 unspecified atom stereocenters. The van der Waals surface area contributed by atoms with E-state index >= 15 is 0 Å². The lowest BCUT2D eigenvalue weighted by Crippen LogP contribution is -2.01. The van der Waals surface area contributed by atoms with E-state index in [1.165, 1.54) is 317 Å². The summed E-state index contributed by atoms with van der Waals surface area (Å²) in [5, 5.41) is 30.5. The van der Waals surface area contributed by atoms with Gasteiger partial charge >= 0.3 is 0 Å². The number of aryl methyl sites for hydroxylation is 4. The van der Waals surface area contributed by atoms with Crippen molar-refractivity contribution in [3.05, 3.63) is 495 Å². The van der Waals surface area contributed by atoms with Crippen molar-refractivity contribution >= 4 is 234 Å². The zero-order valence-corrected chi connectivity index (χ0v) is 84.8. The Labute approximate surface area is 870 Å². The number of nitrogens with zero attached hydrogens (tertiary/aromatic N) is 2.